The van der Waals surface area contributed by atoms with E-state index in [1.807, 2.05) is 39.0 Å². The molecule has 0 aliphatic heterocycles. The van der Waals surface area contributed by atoms with Gasteiger partial charge in [-0.15, -0.1) is 0 Å². The van der Waals surface area contributed by atoms with E-state index in [-0.39, 0.29) is 24.5 Å². The van der Waals surface area contributed by atoms with Crippen LogP contribution in [0.5, 0.6) is 0 Å². The van der Waals surface area contributed by atoms with E-state index >= 15 is 0 Å². The Balaban J connectivity index is 2.64. The van der Waals surface area contributed by atoms with Gasteiger partial charge in [-0.2, -0.15) is 0 Å². The van der Waals surface area contributed by atoms with Gasteiger partial charge in [-0.3, -0.25) is 14.5 Å². The van der Waals surface area contributed by atoms with E-state index in [0.717, 1.165) is 0 Å². The first-order valence-corrected chi connectivity index (χ1v) is 6.11. The van der Waals surface area contributed by atoms with Crippen LogP contribution in [0.1, 0.15) is 20.8 Å². The van der Waals surface area contributed by atoms with Crippen molar-refractivity contribution in [1.82, 2.24) is 4.90 Å². The molecule has 19 heavy (non-hydrogen) atoms. The van der Waals surface area contributed by atoms with Crippen LogP contribution in [0.15, 0.2) is 30.3 Å². The standard InChI is InChI=1S/C14H20N2O3/c1-14(2,3)16(10-13(18)19)9-12(17)15-11-7-5-4-6-8-11/h4-8H,9-10H2,1-3H3,(H,15,17)(H,18,19). The van der Waals surface area contributed by atoms with E-state index < -0.39 is 5.97 Å². The molecule has 1 amide bonds. The van der Waals surface area contributed by atoms with Gasteiger partial charge < -0.3 is 10.4 Å². The lowest BCUT2D eigenvalue weighted by molar-refractivity contribution is -0.140. The molecule has 0 atom stereocenters. The predicted octanol–water partition coefficient (Wildman–Crippen LogP) is 1.81. The van der Waals surface area contributed by atoms with Crippen LogP contribution in [0, 0.1) is 0 Å². The molecule has 0 unspecified atom stereocenters. The van der Waals surface area contributed by atoms with Gasteiger partial charge in [-0.25, -0.2) is 0 Å². The molecule has 0 aliphatic rings. The van der Waals surface area contributed by atoms with E-state index in [1.54, 1.807) is 17.0 Å². The van der Waals surface area contributed by atoms with Crippen molar-refractivity contribution in [2.24, 2.45) is 0 Å². The zero-order valence-corrected chi connectivity index (χ0v) is 11.5. The van der Waals surface area contributed by atoms with Crippen molar-refractivity contribution < 1.29 is 14.7 Å². The normalized spacial score (nSPS) is 11.4. The minimum absolute atomic E-state index is 0.0463. The number of hydrogen-bond acceptors (Lipinski definition) is 3. The highest BCUT2D eigenvalue weighted by Gasteiger charge is 2.25. The predicted molar refractivity (Wildman–Crippen MR) is 74.0 cm³/mol. The molecule has 0 saturated carbocycles. The molecule has 0 bridgehead atoms. The number of aliphatic carboxylic acids is 1. The Kier molecular flexibility index (Phi) is 5.06. The van der Waals surface area contributed by atoms with Gasteiger partial charge in [0.15, 0.2) is 0 Å². The molecule has 1 aromatic carbocycles. The third-order valence-electron chi connectivity index (χ3n) is 2.67. The minimum atomic E-state index is -0.942. The lowest BCUT2D eigenvalue weighted by atomic mass is 10.1. The van der Waals surface area contributed by atoms with E-state index in [4.69, 9.17) is 5.11 Å². The van der Waals surface area contributed by atoms with Gasteiger partial charge in [0.25, 0.3) is 0 Å². The number of carbonyl (C=O) groups excluding carboxylic acids is 1. The van der Waals surface area contributed by atoms with Crippen molar-refractivity contribution in [3.8, 4) is 0 Å². The van der Waals surface area contributed by atoms with Crippen molar-refractivity contribution in [2.45, 2.75) is 26.3 Å². The minimum Gasteiger partial charge on any atom is -0.480 e. The molecular formula is C14H20N2O3. The summed E-state index contributed by atoms with van der Waals surface area (Å²) < 4.78 is 0. The molecule has 0 fully saturated rings. The Morgan fingerprint density at radius 1 is 1.16 bits per heavy atom. The summed E-state index contributed by atoms with van der Waals surface area (Å²) in [5, 5.41) is 11.6. The maximum absolute atomic E-state index is 11.9. The monoisotopic (exact) mass is 264 g/mol. The molecule has 0 radical (unpaired) electrons. The average Bonchev–Trinajstić information content (AvgIpc) is 2.27. The molecule has 0 saturated heterocycles. The van der Waals surface area contributed by atoms with E-state index in [0.29, 0.717) is 5.69 Å². The van der Waals surface area contributed by atoms with Crippen LogP contribution in [-0.2, 0) is 9.59 Å². The first-order chi connectivity index (χ1) is 8.79. The molecule has 0 aliphatic carbocycles. The fraction of sp³-hybridized carbons (Fsp3) is 0.429. The Morgan fingerprint density at radius 2 is 1.74 bits per heavy atom. The van der Waals surface area contributed by atoms with Crippen LogP contribution in [0.3, 0.4) is 0 Å². The number of nitrogens with one attached hydrogen (secondary N) is 1. The summed E-state index contributed by atoms with van der Waals surface area (Å²) in [5.74, 6) is -1.16. The second-order valence-corrected chi connectivity index (χ2v) is 5.33. The summed E-state index contributed by atoms with van der Waals surface area (Å²) >= 11 is 0. The number of hydrogen-bond donors (Lipinski definition) is 2. The topological polar surface area (TPSA) is 69.6 Å². The maximum Gasteiger partial charge on any atom is 0.317 e. The molecule has 0 spiro atoms. The van der Waals surface area contributed by atoms with Crippen LogP contribution in [0.4, 0.5) is 5.69 Å². The third kappa shape index (κ3) is 5.52. The lowest BCUT2D eigenvalue weighted by Crippen LogP contribution is -2.48. The average molecular weight is 264 g/mol. The summed E-state index contributed by atoms with van der Waals surface area (Å²) in [6, 6.07) is 9.09. The number of carboxylic acids is 1. The molecular weight excluding hydrogens is 244 g/mol. The smallest absolute Gasteiger partial charge is 0.317 e. The largest absolute Gasteiger partial charge is 0.480 e. The van der Waals surface area contributed by atoms with E-state index in [2.05, 4.69) is 5.32 Å². The van der Waals surface area contributed by atoms with Crippen molar-refractivity contribution >= 4 is 17.6 Å². The van der Waals surface area contributed by atoms with Crippen LogP contribution in [-0.4, -0.2) is 40.5 Å². The SMILES string of the molecule is CC(C)(C)N(CC(=O)O)CC(=O)Nc1ccccc1. The van der Waals surface area contributed by atoms with Crippen molar-refractivity contribution in [3.05, 3.63) is 30.3 Å². The number of nitrogens with zero attached hydrogens (tertiary/aromatic N) is 1. The number of rotatable bonds is 5. The van der Waals surface area contributed by atoms with Gasteiger partial charge in [0, 0.05) is 11.2 Å². The zero-order chi connectivity index (χ0) is 14.5. The Labute approximate surface area is 113 Å². The fourth-order valence-electron chi connectivity index (χ4n) is 1.59. The van der Waals surface area contributed by atoms with Gasteiger partial charge in [0.1, 0.15) is 0 Å². The molecule has 1 aromatic rings. The third-order valence-corrected chi connectivity index (χ3v) is 2.67. The van der Waals surface area contributed by atoms with Crippen molar-refractivity contribution in [1.29, 1.82) is 0 Å². The summed E-state index contributed by atoms with van der Waals surface area (Å²) in [5.41, 5.74) is 0.323. The summed E-state index contributed by atoms with van der Waals surface area (Å²) in [6.45, 7) is 5.53. The molecule has 2 N–H and O–H groups in total. The van der Waals surface area contributed by atoms with E-state index in [1.165, 1.54) is 0 Å². The Morgan fingerprint density at radius 3 is 2.21 bits per heavy atom. The fourth-order valence-corrected chi connectivity index (χ4v) is 1.59. The van der Waals surface area contributed by atoms with E-state index in [9.17, 15) is 9.59 Å². The van der Waals surface area contributed by atoms with Crippen LogP contribution in [0.2, 0.25) is 0 Å². The summed E-state index contributed by atoms with van der Waals surface area (Å²) in [6.07, 6.45) is 0. The molecule has 5 nitrogen and oxygen atoms in total. The number of carboxylic acid groups (broad SMARTS) is 1. The van der Waals surface area contributed by atoms with Gasteiger partial charge in [0.05, 0.1) is 13.1 Å². The first-order valence-electron chi connectivity index (χ1n) is 6.11. The van der Waals surface area contributed by atoms with Gasteiger partial charge in [-0.05, 0) is 32.9 Å². The van der Waals surface area contributed by atoms with Crippen molar-refractivity contribution in [2.75, 3.05) is 18.4 Å². The number of para-hydroxylation sites is 1. The van der Waals surface area contributed by atoms with Crippen molar-refractivity contribution in [3.63, 3.8) is 0 Å². The maximum atomic E-state index is 11.9. The number of benzene rings is 1. The highest BCUT2D eigenvalue weighted by atomic mass is 16.4. The van der Waals surface area contributed by atoms with Gasteiger partial charge >= 0.3 is 5.97 Å². The molecule has 104 valence electrons. The van der Waals surface area contributed by atoms with Gasteiger partial charge in [-0.1, -0.05) is 18.2 Å². The first kappa shape index (κ1) is 15.2. The van der Waals surface area contributed by atoms with Crippen LogP contribution < -0.4 is 5.32 Å². The molecule has 0 heterocycles. The van der Waals surface area contributed by atoms with Gasteiger partial charge in [0.2, 0.25) is 5.91 Å². The molecule has 5 heteroatoms. The lowest BCUT2D eigenvalue weighted by Gasteiger charge is -2.33. The Bertz CT molecular complexity index is 438. The Hall–Kier alpha value is -1.88. The summed E-state index contributed by atoms with van der Waals surface area (Å²) in [4.78, 5) is 24.3. The summed E-state index contributed by atoms with van der Waals surface area (Å²) in [7, 11) is 0. The zero-order valence-electron chi connectivity index (χ0n) is 11.5. The number of amides is 1. The number of carbonyl (C=O) groups is 2. The molecule has 0 aromatic heterocycles. The quantitative estimate of drug-likeness (QED) is 0.851. The number of anilines is 1. The highest BCUT2D eigenvalue weighted by Crippen LogP contribution is 2.13. The van der Waals surface area contributed by atoms with Crippen LogP contribution in [0.25, 0.3) is 0 Å². The highest BCUT2D eigenvalue weighted by molar-refractivity contribution is 5.92. The second kappa shape index (κ2) is 6.33. The second-order valence-electron chi connectivity index (χ2n) is 5.33. The molecule has 1 rings (SSSR count). The van der Waals surface area contributed by atoms with Crippen LogP contribution >= 0.6 is 0 Å².